The predicted molar refractivity (Wildman–Crippen MR) is 89.2 cm³/mol. The monoisotopic (exact) mass is 331 g/mol. The lowest BCUT2D eigenvalue weighted by atomic mass is 9.97. The van der Waals surface area contributed by atoms with Crippen LogP contribution < -0.4 is 0 Å². The van der Waals surface area contributed by atoms with Gasteiger partial charge in [-0.2, -0.15) is 0 Å². The number of pyridine rings is 1. The van der Waals surface area contributed by atoms with E-state index in [-0.39, 0.29) is 23.8 Å². The molecule has 6 nitrogen and oxygen atoms in total. The van der Waals surface area contributed by atoms with Crippen LogP contribution in [0.2, 0.25) is 0 Å². The largest absolute Gasteiger partial charge is 0.378 e. The summed E-state index contributed by atoms with van der Waals surface area (Å²) < 4.78 is 5.50. The van der Waals surface area contributed by atoms with Crippen LogP contribution >= 0.6 is 0 Å². The Morgan fingerprint density at radius 1 is 1.38 bits per heavy atom. The van der Waals surface area contributed by atoms with E-state index in [1.165, 1.54) is 0 Å². The van der Waals surface area contributed by atoms with Crippen LogP contribution in [0.4, 0.5) is 0 Å². The Hall–Kier alpha value is -1.95. The molecule has 2 aliphatic heterocycles. The third-order valence-corrected chi connectivity index (χ3v) is 4.82. The summed E-state index contributed by atoms with van der Waals surface area (Å²) in [6.45, 7) is 2.49. The highest BCUT2D eigenvalue weighted by atomic mass is 16.5. The summed E-state index contributed by atoms with van der Waals surface area (Å²) in [6, 6.07) is 5.80. The van der Waals surface area contributed by atoms with Gasteiger partial charge in [0.15, 0.2) is 0 Å². The smallest absolute Gasteiger partial charge is 0.229 e. The van der Waals surface area contributed by atoms with Crippen LogP contribution in [0.5, 0.6) is 0 Å². The number of rotatable bonds is 6. The van der Waals surface area contributed by atoms with Gasteiger partial charge in [-0.15, -0.1) is 0 Å². The van der Waals surface area contributed by atoms with Crippen LogP contribution in [0.3, 0.4) is 0 Å². The van der Waals surface area contributed by atoms with Crippen molar-refractivity contribution in [2.45, 2.75) is 31.8 Å². The molecule has 1 aromatic heterocycles. The molecular weight excluding hydrogens is 306 g/mol. The maximum atomic E-state index is 12.4. The molecule has 1 aromatic rings. The third kappa shape index (κ3) is 4.12. The summed E-state index contributed by atoms with van der Waals surface area (Å²) >= 11 is 0. The first-order valence-electron chi connectivity index (χ1n) is 8.67. The highest BCUT2D eigenvalue weighted by molar-refractivity contribution is 5.84. The van der Waals surface area contributed by atoms with Crippen LogP contribution in [0.25, 0.3) is 0 Å². The molecule has 0 N–H and O–H groups in total. The SMILES string of the molecule is CN(CCc1ccccn1)C(=O)C1CN(C(=O)C[C@@H]2CCCO2)C1. The van der Waals surface area contributed by atoms with Gasteiger partial charge in [0, 0.05) is 51.6 Å². The van der Waals surface area contributed by atoms with E-state index in [1.807, 2.05) is 25.2 Å². The zero-order chi connectivity index (χ0) is 16.9. The molecule has 2 aliphatic rings. The molecule has 2 amide bonds. The number of likely N-dealkylation sites (N-methyl/N-ethyl adjacent to an activating group) is 1. The average Bonchev–Trinajstić information content (AvgIpc) is 3.05. The molecule has 6 heteroatoms. The van der Waals surface area contributed by atoms with Crippen molar-refractivity contribution in [1.82, 2.24) is 14.8 Å². The van der Waals surface area contributed by atoms with Crippen LogP contribution in [0.1, 0.15) is 25.0 Å². The lowest BCUT2D eigenvalue weighted by Gasteiger charge is -2.40. The van der Waals surface area contributed by atoms with Gasteiger partial charge >= 0.3 is 0 Å². The lowest BCUT2D eigenvalue weighted by Crippen LogP contribution is -2.56. The molecule has 2 saturated heterocycles. The molecule has 0 unspecified atom stereocenters. The van der Waals surface area contributed by atoms with Crippen LogP contribution in [-0.2, 0) is 20.7 Å². The van der Waals surface area contributed by atoms with Gasteiger partial charge in [-0.05, 0) is 25.0 Å². The Morgan fingerprint density at radius 3 is 2.88 bits per heavy atom. The number of hydrogen-bond acceptors (Lipinski definition) is 4. The van der Waals surface area contributed by atoms with Crippen LogP contribution in [-0.4, -0.2) is 66.0 Å². The molecule has 0 radical (unpaired) electrons. The molecule has 0 saturated carbocycles. The Morgan fingerprint density at radius 2 is 2.21 bits per heavy atom. The number of likely N-dealkylation sites (tertiary alicyclic amines) is 1. The maximum absolute atomic E-state index is 12.4. The van der Waals surface area contributed by atoms with Crippen molar-refractivity contribution < 1.29 is 14.3 Å². The van der Waals surface area contributed by atoms with Gasteiger partial charge < -0.3 is 14.5 Å². The van der Waals surface area contributed by atoms with E-state index in [1.54, 1.807) is 16.0 Å². The number of hydrogen-bond donors (Lipinski definition) is 0. The summed E-state index contributed by atoms with van der Waals surface area (Å²) in [5.41, 5.74) is 0.985. The standard InChI is InChI=1S/C18H25N3O3/c1-20(9-7-15-5-2-3-8-19-15)18(23)14-12-21(13-14)17(22)11-16-6-4-10-24-16/h2-3,5,8,14,16H,4,6-7,9-13H2,1H3/t16-/m0/s1. The van der Waals surface area contributed by atoms with E-state index >= 15 is 0 Å². The van der Waals surface area contributed by atoms with Crippen molar-refractivity contribution in [1.29, 1.82) is 0 Å². The van der Waals surface area contributed by atoms with Gasteiger partial charge in [0.2, 0.25) is 11.8 Å². The van der Waals surface area contributed by atoms with E-state index in [0.29, 0.717) is 26.1 Å². The van der Waals surface area contributed by atoms with Crippen LogP contribution in [0.15, 0.2) is 24.4 Å². The number of carbonyl (C=O) groups is 2. The van der Waals surface area contributed by atoms with Gasteiger partial charge in [-0.1, -0.05) is 6.07 Å². The summed E-state index contributed by atoms with van der Waals surface area (Å²) in [5, 5.41) is 0. The highest BCUT2D eigenvalue weighted by Crippen LogP contribution is 2.22. The average molecular weight is 331 g/mol. The van der Waals surface area contributed by atoms with Crippen molar-refractivity contribution in [2.24, 2.45) is 5.92 Å². The molecular formula is C18H25N3O3. The summed E-state index contributed by atoms with van der Waals surface area (Å²) in [7, 11) is 1.82. The fourth-order valence-corrected chi connectivity index (χ4v) is 3.22. The topological polar surface area (TPSA) is 62.7 Å². The van der Waals surface area contributed by atoms with E-state index < -0.39 is 0 Å². The molecule has 0 aliphatic carbocycles. The Kier molecular flexibility index (Phi) is 5.45. The number of aromatic nitrogens is 1. The van der Waals surface area contributed by atoms with Gasteiger partial charge in [0.05, 0.1) is 18.4 Å². The fraction of sp³-hybridized carbons (Fsp3) is 0.611. The lowest BCUT2D eigenvalue weighted by molar-refractivity contribution is -0.148. The molecule has 1 atom stereocenters. The van der Waals surface area contributed by atoms with Crippen molar-refractivity contribution in [3.63, 3.8) is 0 Å². The van der Waals surface area contributed by atoms with Crippen molar-refractivity contribution in [3.8, 4) is 0 Å². The number of carbonyl (C=O) groups excluding carboxylic acids is 2. The highest BCUT2D eigenvalue weighted by Gasteiger charge is 2.37. The van der Waals surface area contributed by atoms with Crippen LogP contribution in [0, 0.1) is 5.92 Å². The first-order valence-corrected chi connectivity index (χ1v) is 8.67. The second-order valence-corrected chi connectivity index (χ2v) is 6.67. The molecule has 24 heavy (non-hydrogen) atoms. The third-order valence-electron chi connectivity index (χ3n) is 4.82. The van der Waals surface area contributed by atoms with Crippen molar-refractivity contribution in [3.05, 3.63) is 30.1 Å². The first kappa shape index (κ1) is 16.9. The molecule has 130 valence electrons. The van der Waals surface area contributed by atoms with E-state index in [0.717, 1.165) is 31.6 Å². The molecule has 0 spiro atoms. The summed E-state index contributed by atoms with van der Waals surface area (Å²) in [6.07, 6.45) is 5.06. The van der Waals surface area contributed by atoms with Gasteiger partial charge in [0.1, 0.15) is 0 Å². The second-order valence-electron chi connectivity index (χ2n) is 6.67. The molecule has 3 heterocycles. The number of nitrogens with zero attached hydrogens (tertiary/aromatic N) is 3. The van der Waals surface area contributed by atoms with E-state index in [4.69, 9.17) is 4.74 Å². The Labute approximate surface area is 142 Å². The zero-order valence-corrected chi connectivity index (χ0v) is 14.2. The van der Waals surface area contributed by atoms with Crippen molar-refractivity contribution in [2.75, 3.05) is 33.3 Å². The Balaban J connectivity index is 1.38. The predicted octanol–water partition coefficient (Wildman–Crippen LogP) is 1.11. The minimum Gasteiger partial charge on any atom is -0.378 e. The minimum absolute atomic E-state index is 0.0628. The van der Waals surface area contributed by atoms with Gasteiger partial charge in [0.25, 0.3) is 0 Å². The zero-order valence-electron chi connectivity index (χ0n) is 14.2. The fourth-order valence-electron chi connectivity index (χ4n) is 3.22. The molecule has 0 bridgehead atoms. The Bertz CT molecular complexity index is 566. The maximum Gasteiger partial charge on any atom is 0.229 e. The minimum atomic E-state index is -0.0628. The van der Waals surface area contributed by atoms with Gasteiger partial charge in [-0.25, -0.2) is 0 Å². The number of ether oxygens (including phenoxy) is 1. The first-order chi connectivity index (χ1) is 11.6. The van der Waals surface area contributed by atoms with Gasteiger partial charge in [-0.3, -0.25) is 14.6 Å². The summed E-state index contributed by atoms with van der Waals surface area (Å²) in [5.74, 6) is 0.168. The quantitative estimate of drug-likeness (QED) is 0.783. The normalized spacial score (nSPS) is 20.7. The molecule has 0 aromatic carbocycles. The van der Waals surface area contributed by atoms with E-state index in [9.17, 15) is 9.59 Å². The van der Waals surface area contributed by atoms with Crippen molar-refractivity contribution >= 4 is 11.8 Å². The summed E-state index contributed by atoms with van der Waals surface area (Å²) in [4.78, 5) is 32.3. The molecule has 2 fully saturated rings. The second kappa shape index (κ2) is 7.75. The number of amides is 2. The molecule has 3 rings (SSSR count). The van der Waals surface area contributed by atoms with E-state index in [2.05, 4.69) is 4.98 Å².